The maximum absolute atomic E-state index is 11.4. The van der Waals surface area contributed by atoms with Crippen molar-refractivity contribution in [2.24, 2.45) is 0 Å². The Hall–Kier alpha value is -0.790. The van der Waals surface area contributed by atoms with E-state index in [1.807, 2.05) is 0 Å². The minimum absolute atomic E-state index is 0.0570. The average Bonchev–Trinajstić information content (AvgIpc) is 2.35. The van der Waals surface area contributed by atoms with Crippen LogP contribution in [0.15, 0.2) is 16.6 Å². The van der Waals surface area contributed by atoms with Crippen LogP contribution in [0.4, 0.5) is 0 Å². The Bertz CT molecular complexity index is 516. The first-order valence-electron chi connectivity index (χ1n) is 5.31. The van der Waals surface area contributed by atoms with Crippen LogP contribution in [0.1, 0.15) is 12.5 Å². The minimum Gasteiger partial charge on any atom is -0.493 e. The molecule has 0 bridgehead atoms. The Kier molecular flexibility index (Phi) is 5.43. The number of methoxy groups -OCH3 is 2. The molecule has 0 saturated carbocycles. The lowest BCUT2D eigenvalue weighted by Crippen LogP contribution is -2.24. The molecule has 0 heterocycles. The van der Waals surface area contributed by atoms with Crippen molar-refractivity contribution in [3.8, 4) is 11.5 Å². The summed E-state index contributed by atoms with van der Waals surface area (Å²) < 4.78 is 36.3. The van der Waals surface area contributed by atoms with Crippen LogP contribution in [-0.4, -0.2) is 28.4 Å². The number of ether oxygens (including phenoxy) is 2. The normalized spacial score (nSPS) is 11.3. The molecule has 0 radical (unpaired) electrons. The zero-order valence-corrected chi connectivity index (χ0v) is 12.9. The molecule has 0 saturated heterocycles. The van der Waals surface area contributed by atoms with Gasteiger partial charge in [0.25, 0.3) is 0 Å². The molecule has 102 valence electrons. The van der Waals surface area contributed by atoms with Crippen LogP contribution in [0.2, 0.25) is 0 Å². The zero-order chi connectivity index (χ0) is 13.8. The second-order valence-electron chi connectivity index (χ2n) is 3.54. The zero-order valence-electron chi connectivity index (χ0n) is 10.5. The number of sulfonamides is 1. The predicted octanol–water partition coefficient (Wildman–Crippen LogP) is 1.91. The molecule has 0 unspecified atom stereocenters. The second kappa shape index (κ2) is 6.40. The summed E-state index contributed by atoms with van der Waals surface area (Å²) in [7, 11) is -0.127. The van der Waals surface area contributed by atoms with Crippen LogP contribution in [-0.2, 0) is 16.6 Å². The summed E-state index contributed by atoms with van der Waals surface area (Å²) in [6.07, 6.45) is 0. The van der Waals surface area contributed by atoms with Gasteiger partial charge in [-0.2, -0.15) is 0 Å². The SMILES string of the molecule is CCS(=O)(=O)NCc1cc(Br)c(OC)c(OC)c1. The topological polar surface area (TPSA) is 64.6 Å². The van der Waals surface area contributed by atoms with Gasteiger partial charge in [-0.05, 0) is 40.5 Å². The highest BCUT2D eigenvalue weighted by Crippen LogP contribution is 2.36. The minimum atomic E-state index is -3.20. The number of hydrogen-bond acceptors (Lipinski definition) is 4. The number of nitrogens with one attached hydrogen (secondary N) is 1. The van der Waals surface area contributed by atoms with Crippen LogP contribution < -0.4 is 14.2 Å². The number of halogens is 1. The fourth-order valence-corrected chi connectivity index (χ4v) is 2.61. The third-order valence-electron chi connectivity index (χ3n) is 2.37. The van der Waals surface area contributed by atoms with Gasteiger partial charge >= 0.3 is 0 Å². The fraction of sp³-hybridized carbons (Fsp3) is 0.455. The molecule has 0 atom stereocenters. The predicted molar refractivity (Wildman–Crippen MR) is 73.5 cm³/mol. The molecule has 0 aromatic heterocycles. The third kappa shape index (κ3) is 3.86. The molecule has 0 aliphatic heterocycles. The summed E-state index contributed by atoms with van der Waals surface area (Å²) in [6.45, 7) is 1.81. The first-order valence-corrected chi connectivity index (χ1v) is 7.75. The summed E-state index contributed by atoms with van der Waals surface area (Å²) in [4.78, 5) is 0. The van der Waals surface area contributed by atoms with E-state index < -0.39 is 10.0 Å². The molecular weight excluding hydrogens is 322 g/mol. The van der Waals surface area contributed by atoms with Crippen molar-refractivity contribution in [3.05, 3.63) is 22.2 Å². The van der Waals surface area contributed by atoms with E-state index in [1.165, 1.54) is 7.11 Å². The Labute approximate surface area is 116 Å². The Morgan fingerprint density at radius 3 is 2.44 bits per heavy atom. The van der Waals surface area contributed by atoms with E-state index in [2.05, 4.69) is 20.7 Å². The monoisotopic (exact) mass is 337 g/mol. The van der Waals surface area contributed by atoms with Crippen molar-refractivity contribution in [3.63, 3.8) is 0 Å². The van der Waals surface area contributed by atoms with Crippen LogP contribution in [0, 0.1) is 0 Å². The number of hydrogen-bond donors (Lipinski definition) is 1. The van der Waals surface area contributed by atoms with E-state index >= 15 is 0 Å². The van der Waals surface area contributed by atoms with Crippen molar-refractivity contribution in [1.29, 1.82) is 0 Å². The highest BCUT2D eigenvalue weighted by Gasteiger charge is 2.12. The molecule has 0 fully saturated rings. The molecule has 1 aromatic carbocycles. The average molecular weight is 338 g/mol. The van der Waals surface area contributed by atoms with Gasteiger partial charge in [-0.1, -0.05) is 0 Å². The third-order valence-corrected chi connectivity index (χ3v) is 4.30. The lowest BCUT2D eigenvalue weighted by molar-refractivity contribution is 0.352. The molecule has 7 heteroatoms. The van der Waals surface area contributed by atoms with Gasteiger partial charge in [0.1, 0.15) is 0 Å². The van der Waals surface area contributed by atoms with Crippen molar-refractivity contribution in [2.75, 3.05) is 20.0 Å². The van der Waals surface area contributed by atoms with Gasteiger partial charge in [0.2, 0.25) is 10.0 Å². The second-order valence-corrected chi connectivity index (χ2v) is 6.49. The molecule has 5 nitrogen and oxygen atoms in total. The van der Waals surface area contributed by atoms with Gasteiger partial charge < -0.3 is 9.47 Å². The highest BCUT2D eigenvalue weighted by atomic mass is 79.9. The fourth-order valence-electron chi connectivity index (χ4n) is 1.37. The summed E-state index contributed by atoms with van der Waals surface area (Å²) in [5.74, 6) is 1.19. The Balaban J connectivity index is 2.95. The van der Waals surface area contributed by atoms with E-state index in [-0.39, 0.29) is 12.3 Å². The van der Waals surface area contributed by atoms with Gasteiger partial charge in [-0.15, -0.1) is 0 Å². The van der Waals surface area contributed by atoms with Crippen LogP contribution in [0.5, 0.6) is 11.5 Å². The molecule has 0 amide bonds. The number of rotatable bonds is 6. The summed E-state index contributed by atoms with van der Waals surface area (Å²) in [5, 5.41) is 0. The Morgan fingerprint density at radius 2 is 1.94 bits per heavy atom. The molecule has 0 aliphatic rings. The number of benzene rings is 1. The van der Waals surface area contributed by atoms with E-state index in [9.17, 15) is 8.42 Å². The lowest BCUT2D eigenvalue weighted by Gasteiger charge is -2.12. The van der Waals surface area contributed by atoms with Crippen molar-refractivity contribution >= 4 is 26.0 Å². The van der Waals surface area contributed by atoms with E-state index in [1.54, 1.807) is 26.2 Å². The maximum Gasteiger partial charge on any atom is 0.211 e. The molecular formula is C11H16BrNO4S. The summed E-state index contributed by atoms with van der Waals surface area (Å²) >= 11 is 3.35. The molecule has 1 rings (SSSR count). The summed E-state index contributed by atoms with van der Waals surface area (Å²) in [5.41, 5.74) is 0.788. The van der Waals surface area contributed by atoms with Crippen molar-refractivity contribution in [1.82, 2.24) is 4.72 Å². The lowest BCUT2D eigenvalue weighted by atomic mass is 10.2. The maximum atomic E-state index is 11.4. The highest BCUT2D eigenvalue weighted by molar-refractivity contribution is 9.10. The van der Waals surface area contributed by atoms with E-state index in [4.69, 9.17) is 9.47 Å². The van der Waals surface area contributed by atoms with Crippen molar-refractivity contribution in [2.45, 2.75) is 13.5 Å². The van der Waals surface area contributed by atoms with E-state index in [0.29, 0.717) is 11.5 Å². The standard InChI is InChI=1S/C11H16BrNO4S/c1-4-18(14,15)13-7-8-5-9(12)11(17-3)10(6-8)16-2/h5-6,13H,4,7H2,1-3H3. The van der Waals surface area contributed by atoms with E-state index in [0.717, 1.165) is 10.0 Å². The van der Waals surface area contributed by atoms with Gasteiger partial charge in [-0.25, -0.2) is 13.1 Å². The van der Waals surface area contributed by atoms with Gasteiger partial charge in [0.15, 0.2) is 11.5 Å². The first-order chi connectivity index (χ1) is 8.43. The van der Waals surface area contributed by atoms with Gasteiger partial charge in [0.05, 0.1) is 24.4 Å². The largest absolute Gasteiger partial charge is 0.493 e. The molecule has 1 aromatic rings. The van der Waals surface area contributed by atoms with Gasteiger partial charge in [0, 0.05) is 6.54 Å². The molecule has 18 heavy (non-hydrogen) atoms. The molecule has 1 N–H and O–H groups in total. The van der Waals surface area contributed by atoms with Gasteiger partial charge in [-0.3, -0.25) is 0 Å². The Morgan fingerprint density at radius 1 is 1.28 bits per heavy atom. The summed E-state index contributed by atoms with van der Waals surface area (Å²) in [6, 6.07) is 3.53. The smallest absolute Gasteiger partial charge is 0.211 e. The molecule has 0 aliphatic carbocycles. The quantitative estimate of drug-likeness (QED) is 0.861. The van der Waals surface area contributed by atoms with Crippen LogP contribution in [0.3, 0.4) is 0 Å². The van der Waals surface area contributed by atoms with Crippen molar-refractivity contribution < 1.29 is 17.9 Å². The molecule has 0 spiro atoms. The van der Waals surface area contributed by atoms with Crippen LogP contribution >= 0.6 is 15.9 Å². The van der Waals surface area contributed by atoms with Crippen LogP contribution in [0.25, 0.3) is 0 Å². The first kappa shape index (κ1) is 15.3.